The third-order valence-corrected chi connectivity index (χ3v) is 4.84. The molecule has 0 spiro atoms. The number of rotatable bonds is 4. The average Bonchev–Trinajstić information content (AvgIpc) is 2.63. The summed E-state index contributed by atoms with van der Waals surface area (Å²) in [6.45, 7) is 0. The minimum absolute atomic E-state index is 0.00253. The van der Waals surface area contributed by atoms with Crippen molar-refractivity contribution in [1.82, 2.24) is 5.32 Å². The number of hydrogen-bond acceptors (Lipinski definition) is 5. The normalized spacial score (nSPS) is 19.7. The summed E-state index contributed by atoms with van der Waals surface area (Å²) in [5.41, 5.74) is 0.980. The van der Waals surface area contributed by atoms with E-state index in [4.69, 9.17) is 0 Å². The van der Waals surface area contributed by atoms with E-state index in [1.54, 1.807) is 18.2 Å². The third-order valence-electron chi connectivity index (χ3n) is 4.84. The van der Waals surface area contributed by atoms with Crippen LogP contribution in [0, 0.1) is 10.1 Å². The number of carbonyl (C=O) groups is 1. The fraction of sp³-hybridized carbons (Fsp3) is 0.316. The van der Waals surface area contributed by atoms with E-state index in [2.05, 4.69) is 5.32 Å². The number of aromatic hydroxyl groups is 2. The molecule has 0 saturated heterocycles. The number of amides is 1. The lowest BCUT2D eigenvalue weighted by molar-refractivity contribution is -0.384. The first-order valence-corrected chi connectivity index (χ1v) is 8.51. The van der Waals surface area contributed by atoms with Gasteiger partial charge in [0.2, 0.25) is 0 Å². The van der Waals surface area contributed by atoms with Crippen LogP contribution in [0.3, 0.4) is 0 Å². The van der Waals surface area contributed by atoms with E-state index in [1.807, 2.05) is 0 Å². The van der Waals surface area contributed by atoms with E-state index >= 15 is 0 Å². The van der Waals surface area contributed by atoms with Gasteiger partial charge in [0.15, 0.2) is 0 Å². The van der Waals surface area contributed by atoms with Crippen LogP contribution in [0.1, 0.15) is 47.5 Å². The molecule has 1 saturated carbocycles. The predicted molar refractivity (Wildman–Crippen MR) is 95.3 cm³/mol. The summed E-state index contributed by atoms with van der Waals surface area (Å²) in [4.78, 5) is 22.6. The highest BCUT2D eigenvalue weighted by molar-refractivity contribution is 5.95. The van der Waals surface area contributed by atoms with Crippen molar-refractivity contribution < 1.29 is 19.9 Å². The van der Waals surface area contributed by atoms with Crippen molar-refractivity contribution in [2.45, 2.75) is 37.6 Å². The van der Waals surface area contributed by atoms with Gasteiger partial charge >= 0.3 is 0 Å². The smallest absolute Gasteiger partial charge is 0.270 e. The van der Waals surface area contributed by atoms with Gasteiger partial charge in [0, 0.05) is 29.8 Å². The predicted octanol–water partition coefficient (Wildman–Crippen LogP) is 3.46. The summed E-state index contributed by atoms with van der Waals surface area (Å²) in [6.07, 6.45) is 3.12. The summed E-state index contributed by atoms with van der Waals surface area (Å²) in [5.74, 6) is -0.00979. The molecule has 3 N–H and O–H groups in total. The molecule has 26 heavy (non-hydrogen) atoms. The molecule has 3 rings (SSSR count). The largest absolute Gasteiger partial charge is 0.508 e. The maximum Gasteiger partial charge on any atom is 0.270 e. The molecule has 7 heteroatoms. The van der Waals surface area contributed by atoms with Crippen LogP contribution < -0.4 is 5.32 Å². The quantitative estimate of drug-likeness (QED) is 0.573. The fourth-order valence-electron chi connectivity index (χ4n) is 3.46. The average molecular weight is 356 g/mol. The third kappa shape index (κ3) is 3.93. The maximum atomic E-state index is 12.3. The Morgan fingerprint density at radius 1 is 1.08 bits per heavy atom. The number of phenols is 2. The van der Waals surface area contributed by atoms with Gasteiger partial charge in [-0.2, -0.15) is 0 Å². The molecule has 0 aromatic heterocycles. The molecule has 0 radical (unpaired) electrons. The zero-order chi connectivity index (χ0) is 18.7. The van der Waals surface area contributed by atoms with Gasteiger partial charge < -0.3 is 15.5 Å². The molecule has 7 nitrogen and oxygen atoms in total. The van der Waals surface area contributed by atoms with Crippen LogP contribution in [0.25, 0.3) is 0 Å². The second-order valence-corrected chi connectivity index (χ2v) is 6.57. The topological polar surface area (TPSA) is 113 Å². The molecule has 0 aliphatic heterocycles. The summed E-state index contributed by atoms with van der Waals surface area (Å²) < 4.78 is 0. The highest BCUT2D eigenvalue weighted by atomic mass is 16.6. The number of non-ortho nitro benzene ring substituents is 1. The van der Waals surface area contributed by atoms with Gasteiger partial charge in [-0.05, 0) is 49.3 Å². The van der Waals surface area contributed by atoms with Gasteiger partial charge in [-0.25, -0.2) is 0 Å². The molecule has 2 aromatic carbocycles. The Morgan fingerprint density at radius 3 is 2.46 bits per heavy atom. The molecule has 1 fully saturated rings. The van der Waals surface area contributed by atoms with Crippen LogP contribution in [0.5, 0.6) is 11.5 Å². The van der Waals surface area contributed by atoms with Gasteiger partial charge in [-0.1, -0.05) is 12.1 Å². The zero-order valence-electron chi connectivity index (χ0n) is 14.1. The first-order chi connectivity index (χ1) is 12.4. The zero-order valence-corrected chi connectivity index (χ0v) is 14.1. The van der Waals surface area contributed by atoms with Gasteiger partial charge in [-0.15, -0.1) is 0 Å². The van der Waals surface area contributed by atoms with Crippen LogP contribution >= 0.6 is 0 Å². The van der Waals surface area contributed by atoms with E-state index in [0.717, 1.165) is 31.2 Å². The van der Waals surface area contributed by atoms with Crippen LogP contribution in [0.4, 0.5) is 5.69 Å². The van der Waals surface area contributed by atoms with Crippen LogP contribution in [0.15, 0.2) is 42.5 Å². The second-order valence-electron chi connectivity index (χ2n) is 6.57. The summed E-state index contributed by atoms with van der Waals surface area (Å²) in [5, 5.41) is 33.1. The van der Waals surface area contributed by atoms with Gasteiger partial charge in [0.1, 0.15) is 11.5 Å². The first-order valence-electron chi connectivity index (χ1n) is 8.51. The van der Waals surface area contributed by atoms with Crippen LogP contribution in [0.2, 0.25) is 0 Å². The number of nitro benzene ring substituents is 1. The van der Waals surface area contributed by atoms with E-state index in [9.17, 15) is 25.1 Å². The number of nitro groups is 1. The highest BCUT2D eigenvalue weighted by Crippen LogP contribution is 2.38. The lowest BCUT2D eigenvalue weighted by Crippen LogP contribution is -2.37. The van der Waals surface area contributed by atoms with Crippen molar-refractivity contribution in [1.29, 1.82) is 0 Å². The number of benzene rings is 2. The number of phenolic OH excluding ortho intramolecular Hbond substituents is 2. The van der Waals surface area contributed by atoms with E-state index in [0.29, 0.717) is 0 Å². The molecule has 0 heterocycles. The lowest BCUT2D eigenvalue weighted by atomic mass is 9.81. The summed E-state index contributed by atoms with van der Waals surface area (Å²) >= 11 is 0. The SMILES string of the molecule is O=C(N[C@H]1CC[C@H](c2ccc(O)cc2O)CC1)c1cccc([N+](=O)[O-])c1. The number of hydrogen-bond donors (Lipinski definition) is 3. The van der Waals surface area contributed by atoms with Crippen molar-refractivity contribution in [3.8, 4) is 11.5 Å². The highest BCUT2D eigenvalue weighted by Gasteiger charge is 2.25. The monoisotopic (exact) mass is 356 g/mol. The molecular formula is C19H20N2O5. The number of carbonyl (C=O) groups excluding carboxylic acids is 1. The Hall–Kier alpha value is -3.09. The number of nitrogens with zero attached hydrogens (tertiary/aromatic N) is 1. The Balaban J connectivity index is 1.59. The molecule has 0 unspecified atom stereocenters. The second kappa shape index (κ2) is 7.43. The summed E-state index contributed by atoms with van der Waals surface area (Å²) in [7, 11) is 0. The molecule has 1 amide bonds. The Labute approximate surface area is 150 Å². The first kappa shape index (κ1) is 17.7. The standard InChI is InChI=1S/C19H20N2O5/c22-16-8-9-17(18(23)11-16)12-4-6-14(7-5-12)20-19(24)13-2-1-3-15(10-13)21(25)26/h1-3,8-12,14,22-23H,4-7H2,(H,20,24)/t12-,14-. The Bertz CT molecular complexity index is 828. The molecular weight excluding hydrogens is 336 g/mol. The lowest BCUT2D eigenvalue weighted by Gasteiger charge is -2.29. The van der Waals surface area contributed by atoms with Crippen LogP contribution in [-0.2, 0) is 0 Å². The molecule has 1 aliphatic rings. The van der Waals surface area contributed by atoms with Gasteiger partial charge in [-0.3, -0.25) is 14.9 Å². The molecule has 1 aliphatic carbocycles. The fourth-order valence-corrected chi connectivity index (χ4v) is 3.46. The van der Waals surface area contributed by atoms with Crippen molar-refractivity contribution in [3.05, 3.63) is 63.7 Å². The minimum Gasteiger partial charge on any atom is -0.508 e. The molecule has 0 bridgehead atoms. The van der Waals surface area contributed by atoms with Crippen molar-refractivity contribution in [3.63, 3.8) is 0 Å². The molecule has 136 valence electrons. The Morgan fingerprint density at radius 2 is 1.81 bits per heavy atom. The van der Waals surface area contributed by atoms with Crippen molar-refractivity contribution in [2.75, 3.05) is 0 Å². The molecule has 0 atom stereocenters. The number of nitrogens with one attached hydrogen (secondary N) is 1. The summed E-state index contributed by atoms with van der Waals surface area (Å²) in [6, 6.07) is 10.3. The Kier molecular flexibility index (Phi) is 5.06. The van der Waals surface area contributed by atoms with Crippen molar-refractivity contribution >= 4 is 11.6 Å². The minimum atomic E-state index is -0.522. The van der Waals surface area contributed by atoms with E-state index in [-0.39, 0.29) is 40.6 Å². The van der Waals surface area contributed by atoms with E-state index in [1.165, 1.54) is 24.3 Å². The maximum absolute atomic E-state index is 12.3. The van der Waals surface area contributed by atoms with Gasteiger partial charge in [0.25, 0.3) is 11.6 Å². The van der Waals surface area contributed by atoms with Crippen LogP contribution in [-0.4, -0.2) is 27.1 Å². The van der Waals surface area contributed by atoms with Crippen molar-refractivity contribution in [2.24, 2.45) is 0 Å². The van der Waals surface area contributed by atoms with Gasteiger partial charge in [0.05, 0.1) is 4.92 Å². The van der Waals surface area contributed by atoms with E-state index < -0.39 is 4.92 Å². The molecule has 2 aromatic rings.